The summed E-state index contributed by atoms with van der Waals surface area (Å²) >= 11 is 0. The zero-order valence-electron chi connectivity index (χ0n) is 11.3. The topological polar surface area (TPSA) is 133 Å². The molecule has 0 radical (unpaired) electrons. The normalized spacial score (nSPS) is 19.0. The SMILES string of the molecule is CCOC(=O)c1cnoc1N1CC(CS(N)(=O)=O)CC1=O. The maximum absolute atomic E-state index is 12.0. The molecule has 1 aliphatic heterocycles. The van der Waals surface area contributed by atoms with Crippen molar-refractivity contribution in [2.75, 3.05) is 23.8 Å². The van der Waals surface area contributed by atoms with Gasteiger partial charge in [-0.25, -0.2) is 18.4 Å². The van der Waals surface area contributed by atoms with Gasteiger partial charge in [-0.05, 0) is 6.92 Å². The molecule has 1 aliphatic rings. The van der Waals surface area contributed by atoms with Crippen LogP contribution in [0, 0.1) is 5.92 Å². The Bertz CT molecular complexity index is 653. The van der Waals surface area contributed by atoms with Crippen molar-refractivity contribution < 1.29 is 27.3 Å². The summed E-state index contributed by atoms with van der Waals surface area (Å²) in [6, 6.07) is 0. The number of anilines is 1. The second-order valence-corrected chi connectivity index (χ2v) is 6.33. The van der Waals surface area contributed by atoms with Gasteiger partial charge in [0, 0.05) is 18.9 Å². The van der Waals surface area contributed by atoms with E-state index in [2.05, 4.69) is 5.16 Å². The van der Waals surface area contributed by atoms with Crippen LogP contribution in [0.3, 0.4) is 0 Å². The fraction of sp³-hybridized carbons (Fsp3) is 0.545. The lowest BCUT2D eigenvalue weighted by Crippen LogP contribution is -2.28. The van der Waals surface area contributed by atoms with Gasteiger partial charge in [0.25, 0.3) is 0 Å². The lowest BCUT2D eigenvalue weighted by molar-refractivity contribution is -0.117. The first-order valence-corrected chi connectivity index (χ1v) is 7.96. The number of nitrogens with two attached hydrogens (primary N) is 1. The van der Waals surface area contributed by atoms with E-state index in [1.165, 1.54) is 4.90 Å². The maximum atomic E-state index is 12.0. The molecule has 2 N–H and O–H groups in total. The number of primary sulfonamides is 1. The molecule has 0 saturated carbocycles. The number of rotatable bonds is 5. The summed E-state index contributed by atoms with van der Waals surface area (Å²) in [7, 11) is -3.68. The Morgan fingerprint density at radius 3 is 2.95 bits per heavy atom. The second kappa shape index (κ2) is 5.82. The van der Waals surface area contributed by atoms with E-state index in [0.29, 0.717) is 0 Å². The molecular formula is C11H15N3O6S. The number of ether oxygens (including phenoxy) is 1. The van der Waals surface area contributed by atoms with E-state index >= 15 is 0 Å². The number of aromatic nitrogens is 1. The van der Waals surface area contributed by atoms with Crippen LogP contribution in [0.2, 0.25) is 0 Å². The first kappa shape index (κ1) is 15.4. The van der Waals surface area contributed by atoms with E-state index < -0.39 is 21.9 Å². The van der Waals surface area contributed by atoms with Crippen LogP contribution in [-0.4, -0.2) is 44.4 Å². The van der Waals surface area contributed by atoms with Crippen LogP contribution in [0.15, 0.2) is 10.7 Å². The first-order valence-electron chi connectivity index (χ1n) is 6.24. The number of nitrogens with zero attached hydrogens (tertiary/aromatic N) is 2. The number of hydrogen-bond donors (Lipinski definition) is 1. The minimum atomic E-state index is -3.68. The van der Waals surface area contributed by atoms with Crippen LogP contribution in [0.1, 0.15) is 23.7 Å². The van der Waals surface area contributed by atoms with Crippen molar-refractivity contribution in [1.82, 2.24) is 5.16 Å². The first-order chi connectivity index (χ1) is 9.81. The van der Waals surface area contributed by atoms with Crippen molar-refractivity contribution in [2.24, 2.45) is 11.1 Å². The zero-order valence-corrected chi connectivity index (χ0v) is 12.1. The highest BCUT2D eigenvalue weighted by atomic mass is 32.2. The second-order valence-electron chi connectivity index (χ2n) is 4.67. The van der Waals surface area contributed by atoms with E-state index in [4.69, 9.17) is 14.4 Å². The summed E-state index contributed by atoms with van der Waals surface area (Å²) in [6.45, 7) is 1.91. The number of carbonyl (C=O) groups excluding carboxylic acids is 2. The molecule has 0 aliphatic carbocycles. The molecule has 116 valence electrons. The number of sulfonamides is 1. The monoisotopic (exact) mass is 317 g/mol. The van der Waals surface area contributed by atoms with Gasteiger partial charge in [0.15, 0.2) is 0 Å². The van der Waals surface area contributed by atoms with Crippen molar-refractivity contribution in [1.29, 1.82) is 0 Å². The predicted molar refractivity (Wildman–Crippen MR) is 70.9 cm³/mol. The largest absolute Gasteiger partial charge is 0.462 e. The lowest BCUT2D eigenvalue weighted by Gasteiger charge is -2.13. The Morgan fingerprint density at radius 1 is 1.62 bits per heavy atom. The highest BCUT2D eigenvalue weighted by Crippen LogP contribution is 2.29. The van der Waals surface area contributed by atoms with Gasteiger partial charge in [-0.3, -0.25) is 9.69 Å². The lowest BCUT2D eigenvalue weighted by atomic mass is 10.1. The van der Waals surface area contributed by atoms with Crippen molar-refractivity contribution in [2.45, 2.75) is 13.3 Å². The third-order valence-electron chi connectivity index (χ3n) is 2.97. The minimum Gasteiger partial charge on any atom is -0.462 e. The molecule has 0 aromatic carbocycles. The van der Waals surface area contributed by atoms with Gasteiger partial charge in [-0.1, -0.05) is 5.16 Å². The molecule has 1 unspecified atom stereocenters. The maximum Gasteiger partial charge on any atom is 0.345 e. The summed E-state index contributed by atoms with van der Waals surface area (Å²) in [6.07, 6.45) is 1.17. The summed E-state index contributed by atoms with van der Waals surface area (Å²) in [4.78, 5) is 24.9. The molecule has 0 spiro atoms. The van der Waals surface area contributed by atoms with Crippen LogP contribution in [-0.2, 0) is 19.6 Å². The summed E-state index contributed by atoms with van der Waals surface area (Å²) in [5, 5.41) is 8.47. The zero-order chi connectivity index (χ0) is 15.6. The third kappa shape index (κ3) is 3.58. The molecule has 1 fully saturated rings. The highest BCUT2D eigenvalue weighted by Gasteiger charge is 2.37. The molecule has 1 aromatic heterocycles. The number of hydrogen-bond acceptors (Lipinski definition) is 7. The van der Waals surface area contributed by atoms with E-state index in [1.807, 2.05) is 0 Å². The molecule has 1 atom stereocenters. The highest BCUT2D eigenvalue weighted by molar-refractivity contribution is 7.89. The minimum absolute atomic E-state index is 0.0133. The molecule has 10 heteroatoms. The van der Waals surface area contributed by atoms with E-state index in [0.717, 1.165) is 6.20 Å². The number of amides is 1. The van der Waals surface area contributed by atoms with Crippen molar-refractivity contribution in [3.8, 4) is 0 Å². The standard InChI is InChI=1S/C11H15N3O6S/c1-2-19-11(16)8-4-13-20-10(8)14-5-7(3-9(14)15)6-21(12,17)18/h4,7H,2-3,5-6H2,1H3,(H2,12,17,18). The Hall–Kier alpha value is -1.94. The number of carbonyl (C=O) groups is 2. The van der Waals surface area contributed by atoms with Gasteiger partial charge < -0.3 is 9.26 Å². The molecule has 1 amide bonds. The van der Waals surface area contributed by atoms with E-state index in [-0.39, 0.29) is 42.7 Å². The predicted octanol–water partition coefficient (Wildman–Crippen LogP) is -0.507. The van der Waals surface area contributed by atoms with Crippen LogP contribution in [0.25, 0.3) is 0 Å². The van der Waals surface area contributed by atoms with Crippen LogP contribution in [0.4, 0.5) is 5.88 Å². The van der Waals surface area contributed by atoms with Gasteiger partial charge in [0.2, 0.25) is 21.8 Å². The molecule has 0 bridgehead atoms. The van der Waals surface area contributed by atoms with Crippen LogP contribution >= 0.6 is 0 Å². The van der Waals surface area contributed by atoms with Crippen LogP contribution in [0.5, 0.6) is 0 Å². The summed E-state index contributed by atoms with van der Waals surface area (Å²) < 4.78 is 31.9. The smallest absolute Gasteiger partial charge is 0.345 e. The molecule has 2 rings (SSSR count). The Kier molecular flexibility index (Phi) is 4.28. The van der Waals surface area contributed by atoms with Gasteiger partial charge in [0.05, 0.1) is 18.6 Å². The Balaban J connectivity index is 2.18. The average molecular weight is 317 g/mol. The Morgan fingerprint density at radius 2 is 2.33 bits per heavy atom. The Labute approximate surface area is 121 Å². The van der Waals surface area contributed by atoms with E-state index in [1.54, 1.807) is 6.92 Å². The fourth-order valence-electron chi connectivity index (χ4n) is 2.19. The van der Waals surface area contributed by atoms with Crippen molar-refractivity contribution >= 4 is 27.8 Å². The summed E-state index contributed by atoms with van der Waals surface area (Å²) in [5.41, 5.74) is 0.0291. The molecule has 21 heavy (non-hydrogen) atoms. The van der Waals surface area contributed by atoms with Gasteiger partial charge >= 0.3 is 5.97 Å². The molecule has 1 saturated heterocycles. The fourth-order valence-corrected chi connectivity index (χ4v) is 3.08. The molecule has 2 heterocycles. The third-order valence-corrected chi connectivity index (χ3v) is 3.90. The average Bonchev–Trinajstić information content (AvgIpc) is 2.93. The summed E-state index contributed by atoms with van der Waals surface area (Å²) in [5.74, 6) is -1.80. The molecule has 9 nitrogen and oxygen atoms in total. The van der Waals surface area contributed by atoms with E-state index in [9.17, 15) is 18.0 Å². The van der Waals surface area contributed by atoms with Crippen molar-refractivity contribution in [3.05, 3.63) is 11.8 Å². The van der Waals surface area contributed by atoms with Gasteiger partial charge in [0.1, 0.15) is 5.56 Å². The number of esters is 1. The quantitative estimate of drug-likeness (QED) is 0.723. The van der Waals surface area contributed by atoms with Crippen LogP contribution < -0.4 is 10.0 Å². The van der Waals surface area contributed by atoms with Crippen molar-refractivity contribution in [3.63, 3.8) is 0 Å². The molecule has 1 aromatic rings. The van der Waals surface area contributed by atoms with Gasteiger partial charge in [-0.2, -0.15) is 0 Å². The molecular weight excluding hydrogens is 302 g/mol. The van der Waals surface area contributed by atoms with Gasteiger partial charge in [-0.15, -0.1) is 0 Å².